The molecule has 2 rings (SSSR count). The van der Waals surface area contributed by atoms with Gasteiger partial charge in [0.05, 0.1) is 5.69 Å². The molecule has 1 aromatic heterocycles. The molecule has 1 heterocycles. The normalized spacial score (nSPS) is 11.0. The summed E-state index contributed by atoms with van der Waals surface area (Å²) in [5.41, 5.74) is 2.18. The number of amides is 1. The van der Waals surface area contributed by atoms with Crippen molar-refractivity contribution >= 4 is 21.8 Å². The Morgan fingerprint density at radius 2 is 2.09 bits per heavy atom. The summed E-state index contributed by atoms with van der Waals surface area (Å²) in [7, 11) is 0. The molecular weight excluding hydrogens is 358 g/mol. The smallest absolute Gasteiger partial charge is 0.269 e. The molecule has 2 N–H and O–H groups in total. The van der Waals surface area contributed by atoms with Gasteiger partial charge in [-0.05, 0) is 30.5 Å². The summed E-state index contributed by atoms with van der Waals surface area (Å²) in [6.45, 7) is 6.23. The Kier molecular flexibility index (Phi) is 6.80. The standard InChI is InChI=1S/C17H22BrN3O2/c1-12(2)11-23-9-3-8-19-17(22)16-10-15(20-21-16)13-4-6-14(18)7-5-13/h4-7,10,12H,3,8-9,11H2,1-2H3,(H,19,22)(H,20,21). The van der Waals surface area contributed by atoms with Crippen molar-refractivity contribution in [1.82, 2.24) is 15.5 Å². The first-order valence-corrected chi connectivity index (χ1v) is 8.53. The van der Waals surface area contributed by atoms with Gasteiger partial charge in [-0.1, -0.05) is 41.9 Å². The predicted octanol–water partition coefficient (Wildman–Crippen LogP) is 3.63. The number of hydrogen-bond donors (Lipinski definition) is 2. The second kappa shape index (κ2) is 8.84. The van der Waals surface area contributed by atoms with Crippen LogP contribution in [0.25, 0.3) is 11.3 Å². The minimum atomic E-state index is -0.148. The van der Waals surface area contributed by atoms with Crippen molar-refractivity contribution in [2.45, 2.75) is 20.3 Å². The third-order valence-corrected chi connectivity index (χ3v) is 3.69. The van der Waals surface area contributed by atoms with Crippen LogP contribution in [-0.2, 0) is 4.74 Å². The topological polar surface area (TPSA) is 67.0 Å². The van der Waals surface area contributed by atoms with Crippen molar-refractivity contribution in [2.24, 2.45) is 5.92 Å². The van der Waals surface area contributed by atoms with Crippen molar-refractivity contribution in [3.8, 4) is 11.3 Å². The van der Waals surface area contributed by atoms with Gasteiger partial charge in [0, 0.05) is 29.8 Å². The lowest BCUT2D eigenvalue weighted by molar-refractivity contribution is 0.0920. The van der Waals surface area contributed by atoms with Crippen LogP contribution in [-0.4, -0.2) is 35.9 Å². The van der Waals surface area contributed by atoms with E-state index in [0.29, 0.717) is 24.8 Å². The van der Waals surface area contributed by atoms with E-state index < -0.39 is 0 Å². The zero-order valence-electron chi connectivity index (χ0n) is 13.4. The minimum absolute atomic E-state index is 0.148. The SMILES string of the molecule is CC(C)COCCCNC(=O)c1cc(-c2ccc(Br)cc2)n[nH]1. The van der Waals surface area contributed by atoms with E-state index in [0.717, 1.165) is 28.8 Å². The van der Waals surface area contributed by atoms with Crippen LogP contribution < -0.4 is 5.32 Å². The lowest BCUT2D eigenvalue weighted by Gasteiger charge is -2.07. The predicted molar refractivity (Wildman–Crippen MR) is 94.3 cm³/mol. The fourth-order valence-electron chi connectivity index (χ4n) is 2.00. The number of halogens is 1. The Hall–Kier alpha value is -1.66. The van der Waals surface area contributed by atoms with Crippen LogP contribution in [0.5, 0.6) is 0 Å². The zero-order valence-corrected chi connectivity index (χ0v) is 15.0. The quantitative estimate of drug-likeness (QED) is 0.688. The van der Waals surface area contributed by atoms with Gasteiger partial charge in [-0.2, -0.15) is 5.10 Å². The lowest BCUT2D eigenvalue weighted by atomic mass is 10.1. The van der Waals surface area contributed by atoms with E-state index in [-0.39, 0.29) is 5.91 Å². The van der Waals surface area contributed by atoms with E-state index in [1.165, 1.54) is 0 Å². The van der Waals surface area contributed by atoms with E-state index in [4.69, 9.17) is 4.74 Å². The number of carbonyl (C=O) groups is 1. The van der Waals surface area contributed by atoms with Crippen LogP contribution in [0.2, 0.25) is 0 Å². The van der Waals surface area contributed by atoms with Gasteiger partial charge in [0.15, 0.2) is 0 Å². The summed E-state index contributed by atoms with van der Waals surface area (Å²) < 4.78 is 6.49. The average Bonchev–Trinajstić information content (AvgIpc) is 3.01. The molecule has 0 radical (unpaired) electrons. The van der Waals surface area contributed by atoms with Crippen LogP contribution >= 0.6 is 15.9 Å². The maximum absolute atomic E-state index is 12.1. The Balaban J connectivity index is 1.78. The highest BCUT2D eigenvalue weighted by molar-refractivity contribution is 9.10. The molecule has 0 atom stereocenters. The Morgan fingerprint density at radius 3 is 2.78 bits per heavy atom. The molecule has 0 unspecified atom stereocenters. The molecule has 0 aliphatic heterocycles. The summed E-state index contributed by atoms with van der Waals surface area (Å²) in [5, 5.41) is 9.83. The maximum atomic E-state index is 12.1. The van der Waals surface area contributed by atoms with Gasteiger partial charge >= 0.3 is 0 Å². The van der Waals surface area contributed by atoms with Crippen molar-refractivity contribution in [3.63, 3.8) is 0 Å². The molecular formula is C17H22BrN3O2. The Labute approximate surface area is 144 Å². The third-order valence-electron chi connectivity index (χ3n) is 3.16. The van der Waals surface area contributed by atoms with Crippen molar-refractivity contribution in [2.75, 3.05) is 19.8 Å². The highest BCUT2D eigenvalue weighted by atomic mass is 79.9. The molecule has 0 spiro atoms. The number of rotatable bonds is 8. The molecule has 1 aromatic carbocycles. The number of nitrogens with zero attached hydrogens (tertiary/aromatic N) is 1. The monoisotopic (exact) mass is 379 g/mol. The molecule has 23 heavy (non-hydrogen) atoms. The van der Waals surface area contributed by atoms with Crippen LogP contribution in [0.15, 0.2) is 34.8 Å². The Morgan fingerprint density at radius 1 is 1.35 bits per heavy atom. The van der Waals surface area contributed by atoms with Gasteiger partial charge < -0.3 is 10.1 Å². The van der Waals surface area contributed by atoms with Gasteiger partial charge in [0.1, 0.15) is 5.69 Å². The molecule has 1 amide bonds. The first kappa shape index (κ1) is 17.7. The third kappa shape index (κ3) is 5.80. The van der Waals surface area contributed by atoms with E-state index in [9.17, 15) is 4.79 Å². The largest absolute Gasteiger partial charge is 0.381 e. The summed E-state index contributed by atoms with van der Waals surface area (Å²) in [5.74, 6) is 0.385. The molecule has 6 heteroatoms. The molecule has 0 saturated heterocycles. The van der Waals surface area contributed by atoms with Crippen molar-refractivity contribution in [3.05, 3.63) is 40.5 Å². The number of aromatic nitrogens is 2. The van der Waals surface area contributed by atoms with Gasteiger partial charge in [-0.15, -0.1) is 0 Å². The van der Waals surface area contributed by atoms with E-state index in [1.807, 2.05) is 24.3 Å². The van der Waals surface area contributed by atoms with Crippen LogP contribution in [0.4, 0.5) is 0 Å². The number of nitrogens with one attached hydrogen (secondary N) is 2. The van der Waals surface area contributed by atoms with Crippen LogP contribution in [0.1, 0.15) is 30.8 Å². The van der Waals surface area contributed by atoms with E-state index in [2.05, 4.69) is 45.3 Å². The van der Waals surface area contributed by atoms with Gasteiger partial charge in [0.25, 0.3) is 5.91 Å². The molecule has 0 bridgehead atoms. The highest BCUT2D eigenvalue weighted by Gasteiger charge is 2.10. The number of benzene rings is 1. The first-order valence-electron chi connectivity index (χ1n) is 7.73. The van der Waals surface area contributed by atoms with Gasteiger partial charge in [-0.25, -0.2) is 0 Å². The summed E-state index contributed by atoms with van der Waals surface area (Å²) in [6, 6.07) is 9.55. The van der Waals surface area contributed by atoms with E-state index >= 15 is 0 Å². The van der Waals surface area contributed by atoms with Crippen molar-refractivity contribution in [1.29, 1.82) is 0 Å². The molecule has 0 fully saturated rings. The summed E-state index contributed by atoms with van der Waals surface area (Å²) in [4.78, 5) is 12.1. The lowest BCUT2D eigenvalue weighted by Crippen LogP contribution is -2.25. The van der Waals surface area contributed by atoms with Gasteiger partial charge in [-0.3, -0.25) is 9.89 Å². The number of aromatic amines is 1. The fraction of sp³-hybridized carbons (Fsp3) is 0.412. The Bertz CT molecular complexity index is 623. The highest BCUT2D eigenvalue weighted by Crippen LogP contribution is 2.20. The van der Waals surface area contributed by atoms with Gasteiger partial charge in [0.2, 0.25) is 0 Å². The second-order valence-electron chi connectivity index (χ2n) is 5.75. The second-order valence-corrected chi connectivity index (χ2v) is 6.67. The molecule has 2 aromatic rings. The fourth-order valence-corrected chi connectivity index (χ4v) is 2.26. The molecule has 5 nitrogen and oxygen atoms in total. The maximum Gasteiger partial charge on any atom is 0.269 e. The number of ether oxygens (including phenoxy) is 1. The van der Waals surface area contributed by atoms with Crippen LogP contribution in [0, 0.1) is 5.92 Å². The average molecular weight is 380 g/mol. The number of H-pyrrole nitrogens is 1. The molecule has 0 saturated carbocycles. The summed E-state index contributed by atoms with van der Waals surface area (Å²) >= 11 is 3.40. The van der Waals surface area contributed by atoms with Crippen LogP contribution in [0.3, 0.4) is 0 Å². The number of carbonyl (C=O) groups excluding carboxylic acids is 1. The number of hydrogen-bond acceptors (Lipinski definition) is 3. The zero-order chi connectivity index (χ0) is 16.7. The summed E-state index contributed by atoms with van der Waals surface area (Å²) in [6.07, 6.45) is 0.798. The van der Waals surface area contributed by atoms with E-state index in [1.54, 1.807) is 6.07 Å². The van der Waals surface area contributed by atoms with Crippen molar-refractivity contribution < 1.29 is 9.53 Å². The molecule has 124 valence electrons. The molecule has 0 aliphatic carbocycles. The minimum Gasteiger partial charge on any atom is -0.381 e. The molecule has 0 aliphatic rings. The first-order chi connectivity index (χ1) is 11.1.